The van der Waals surface area contributed by atoms with E-state index in [4.69, 9.17) is 5.73 Å². The van der Waals surface area contributed by atoms with Gasteiger partial charge in [-0.25, -0.2) is 4.39 Å². The van der Waals surface area contributed by atoms with E-state index in [0.717, 1.165) is 12.2 Å². The van der Waals surface area contributed by atoms with E-state index in [1.54, 1.807) is 13.0 Å². The van der Waals surface area contributed by atoms with Crippen LogP contribution in [0.1, 0.15) is 24.0 Å². The quantitative estimate of drug-likeness (QED) is 0.815. The van der Waals surface area contributed by atoms with Crippen molar-refractivity contribution in [1.82, 2.24) is 0 Å². The molecule has 0 aliphatic rings. The summed E-state index contributed by atoms with van der Waals surface area (Å²) in [5.74, 6) is 0.102. The third-order valence-corrected chi connectivity index (χ3v) is 3.30. The summed E-state index contributed by atoms with van der Waals surface area (Å²) in [4.78, 5) is 0. The minimum atomic E-state index is -0.265. The second-order valence-electron chi connectivity index (χ2n) is 4.88. The van der Waals surface area contributed by atoms with E-state index >= 15 is 0 Å². The van der Waals surface area contributed by atoms with Crippen LogP contribution in [0.25, 0.3) is 0 Å². The molecule has 0 spiro atoms. The first-order valence-corrected chi connectivity index (χ1v) is 6.42. The van der Waals surface area contributed by atoms with E-state index in [-0.39, 0.29) is 5.82 Å². The van der Waals surface area contributed by atoms with Crippen molar-refractivity contribution in [3.05, 3.63) is 59.4 Å². The standard InChI is InChI=1S/C16H19FN2/c1-11-8-16(15(18)9-14(11)17)19-10-12(2)13-6-4-3-5-7-13/h3-9,12,19H,10,18H2,1-2H3. The highest BCUT2D eigenvalue weighted by Gasteiger charge is 2.08. The summed E-state index contributed by atoms with van der Waals surface area (Å²) in [7, 11) is 0. The summed E-state index contributed by atoms with van der Waals surface area (Å²) >= 11 is 0. The maximum absolute atomic E-state index is 13.3. The lowest BCUT2D eigenvalue weighted by molar-refractivity contribution is 0.619. The molecule has 2 aromatic rings. The van der Waals surface area contributed by atoms with Gasteiger partial charge in [0.1, 0.15) is 5.82 Å². The van der Waals surface area contributed by atoms with Crippen LogP contribution >= 0.6 is 0 Å². The minimum Gasteiger partial charge on any atom is -0.397 e. The molecule has 0 heterocycles. The number of benzene rings is 2. The predicted molar refractivity (Wildman–Crippen MR) is 78.9 cm³/mol. The number of aryl methyl sites for hydroxylation is 1. The van der Waals surface area contributed by atoms with Gasteiger partial charge in [0.15, 0.2) is 0 Å². The van der Waals surface area contributed by atoms with E-state index < -0.39 is 0 Å². The van der Waals surface area contributed by atoms with Crippen molar-refractivity contribution in [3.8, 4) is 0 Å². The van der Waals surface area contributed by atoms with Crippen LogP contribution in [0.15, 0.2) is 42.5 Å². The van der Waals surface area contributed by atoms with Gasteiger partial charge < -0.3 is 11.1 Å². The fourth-order valence-corrected chi connectivity index (χ4v) is 2.01. The van der Waals surface area contributed by atoms with Crippen LogP contribution in [0.4, 0.5) is 15.8 Å². The Kier molecular flexibility index (Phi) is 4.05. The molecule has 0 fully saturated rings. The molecular weight excluding hydrogens is 239 g/mol. The molecule has 0 aromatic heterocycles. The van der Waals surface area contributed by atoms with Gasteiger partial charge in [0.25, 0.3) is 0 Å². The topological polar surface area (TPSA) is 38.0 Å². The lowest BCUT2D eigenvalue weighted by Crippen LogP contribution is -2.11. The van der Waals surface area contributed by atoms with Crippen molar-refractivity contribution in [1.29, 1.82) is 0 Å². The third-order valence-electron chi connectivity index (χ3n) is 3.30. The Hall–Kier alpha value is -2.03. The van der Waals surface area contributed by atoms with Crippen molar-refractivity contribution < 1.29 is 4.39 Å². The molecular formula is C16H19FN2. The molecule has 0 saturated heterocycles. The number of hydrogen-bond donors (Lipinski definition) is 2. The molecule has 1 unspecified atom stereocenters. The third kappa shape index (κ3) is 3.25. The Morgan fingerprint density at radius 1 is 1.21 bits per heavy atom. The number of rotatable bonds is 4. The van der Waals surface area contributed by atoms with Gasteiger partial charge >= 0.3 is 0 Å². The first-order valence-electron chi connectivity index (χ1n) is 6.42. The molecule has 3 N–H and O–H groups in total. The van der Waals surface area contributed by atoms with Crippen LogP contribution in [0, 0.1) is 12.7 Å². The Labute approximate surface area is 113 Å². The van der Waals surface area contributed by atoms with Crippen LogP contribution in [0.3, 0.4) is 0 Å². The average molecular weight is 258 g/mol. The number of anilines is 2. The maximum atomic E-state index is 13.3. The van der Waals surface area contributed by atoms with E-state index in [0.29, 0.717) is 17.2 Å². The Morgan fingerprint density at radius 2 is 1.89 bits per heavy atom. The maximum Gasteiger partial charge on any atom is 0.128 e. The Bertz CT molecular complexity index is 552. The van der Waals surface area contributed by atoms with Gasteiger partial charge in [-0.05, 0) is 36.1 Å². The van der Waals surface area contributed by atoms with Crippen LogP contribution in [0.5, 0.6) is 0 Å². The summed E-state index contributed by atoms with van der Waals surface area (Å²) in [5.41, 5.74) is 8.93. The fraction of sp³-hybridized carbons (Fsp3) is 0.250. The second kappa shape index (κ2) is 5.74. The molecule has 0 aliphatic heterocycles. The molecule has 2 aromatic carbocycles. The smallest absolute Gasteiger partial charge is 0.128 e. The minimum absolute atomic E-state index is 0.265. The van der Waals surface area contributed by atoms with Crippen molar-refractivity contribution in [2.45, 2.75) is 19.8 Å². The monoisotopic (exact) mass is 258 g/mol. The van der Waals surface area contributed by atoms with E-state index in [2.05, 4.69) is 24.4 Å². The number of nitrogens with two attached hydrogens (primary N) is 1. The van der Waals surface area contributed by atoms with Crippen molar-refractivity contribution in [3.63, 3.8) is 0 Å². The van der Waals surface area contributed by atoms with Crippen LogP contribution < -0.4 is 11.1 Å². The van der Waals surface area contributed by atoms with E-state index in [9.17, 15) is 4.39 Å². The Balaban J connectivity index is 2.05. The number of hydrogen-bond acceptors (Lipinski definition) is 2. The van der Waals surface area contributed by atoms with Crippen LogP contribution in [0.2, 0.25) is 0 Å². The number of halogens is 1. The zero-order valence-electron chi connectivity index (χ0n) is 11.3. The van der Waals surface area contributed by atoms with Crippen LogP contribution in [-0.2, 0) is 0 Å². The summed E-state index contributed by atoms with van der Waals surface area (Å²) < 4.78 is 13.3. The van der Waals surface area contributed by atoms with Gasteiger partial charge in [0, 0.05) is 6.54 Å². The summed E-state index contributed by atoms with van der Waals surface area (Å²) in [5, 5.41) is 3.29. The fourth-order valence-electron chi connectivity index (χ4n) is 2.01. The highest BCUT2D eigenvalue weighted by molar-refractivity contribution is 5.67. The molecule has 2 nitrogen and oxygen atoms in total. The molecule has 3 heteroatoms. The molecule has 2 rings (SSSR count). The van der Waals surface area contributed by atoms with E-state index in [1.165, 1.54) is 11.6 Å². The predicted octanol–water partition coefficient (Wildman–Crippen LogP) is 3.93. The first-order chi connectivity index (χ1) is 9.08. The molecule has 0 aliphatic carbocycles. The molecule has 0 saturated carbocycles. The zero-order valence-corrected chi connectivity index (χ0v) is 11.3. The van der Waals surface area contributed by atoms with Gasteiger partial charge in [-0.2, -0.15) is 0 Å². The molecule has 1 atom stereocenters. The Morgan fingerprint density at radius 3 is 2.58 bits per heavy atom. The highest BCUT2D eigenvalue weighted by Crippen LogP contribution is 2.24. The average Bonchev–Trinajstić information content (AvgIpc) is 2.42. The van der Waals surface area contributed by atoms with Gasteiger partial charge in [0.2, 0.25) is 0 Å². The first kappa shape index (κ1) is 13.4. The zero-order chi connectivity index (χ0) is 13.8. The normalized spacial score (nSPS) is 12.2. The summed E-state index contributed by atoms with van der Waals surface area (Å²) in [6.45, 7) is 4.65. The second-order valence-corrected chi connectivity index (χ2v) is 4.88. The molecule has 0 bridgehead atoms. The van der Waals surface area contributed by atoms with Gasteiger partial charge in [-0.15, -0.1) is 0 Å². The van der Waals surface area contributed by atoms with Crippen LogP contribution in [-0.4, -0.2) is 6.54 Å². The summed E-state index contributed by atoms with van der Waals surface area (Å²) in [6, 6.07) is 13.4. The number of nitrogen functional groups attached to an aromatic ring is 1. The molecule has 0 radical (unpaired) electrons. The van der Waals surface area contributed by atoms with Gasteiger partial charge in [-0.3, -0.25) is 0 Å². The highest BCUT2D eigenvalue weighted by atomic mass is 19.1. The van der Waals surface area contributed by atoms with Crippen molar-refractivity contribution in [2.75, 3.05) is 17.6 Å². The number of nitrogens with one attached hydrogen (secondary N) is 1. The largest absolute Gasteiger partial charge is 0.397 e. The molecule has 100 valence electrons. The van der Waals surface area contributed by atoms with E-state index in [1.807, 2.05) is 18.2 Å². The van der Waals surface area contributed by atoms with Gasteiger partial charge in [0.05, 0.1) is 11.4 Å². The lowest BCUT2D eigenvalue weighted by atomic mass is 10.0. The lowest BCUT2D eigenvalue weighted by Gasteiger charge is -2.16. The molecule has 0 amide bonds. The molecule has 19 heavy (non-hydrogen) atoms. The van der Waals surface area contributed by atoms with Crippen molar-refractivity contribution >= 4 is 11.4 Å². The van der Waals surface area contributed by atoms with Crippen molar-refractivity contribution in [2.24, 2.45) is 0 Å². The summed E-state index contributed by atoms with van der Waals surface area (Å²) in [6.07, 6.45) is 0. The van der Waals surface area contributed by atoms with Gasteiger partial charge in [-0.1, -0.05) is 37.3 Å². The SMILES string of the molecule is Cc1cc(NCC(C)c2ccccc2)c(N)cc1F.